The largest absolute Gasteiger partial charge is 0.504 e. The minimum absolute atomic E-state index is 0.0387. The van der Waals surface area contributed by atoms with Crippen molar-refractivity contribution in [2.75, 3.05) is 7.11 Å². The van der Waals surface area contributed by atoms with Gasteiger partial charge in [-0.1, -0.05) is 0 Å². The van der Waals surface area contributed by atoms with Gasteiger partial charge in [0.05, 0.1) is 18.1 Å². The van der Waals surface area contributed by atoms with Gasteiger partial charge in [-0.2, -0.15) is 0 Å². The number of benzene rings is 1. The van der Waals surface area contributed by atoms with Crippen LogP contribution >= 0.6 is 0 Å². The van der Waals surface area contributed by atoms with Crippen LogP contribution in [-0.2, 0) is 4.74 Å². The van der Waals surface area contributed by atoms with Crippen molar-refractivity contribution in [1.29, 1.82) is 0 Å². The lowest BCUT2D eigenvalue weighted by Crippen LogP contribution is -2.27. The summed E-state index contributed by atoms with van der Waals surface area (Å²) in [5.41, 5.74) is 1.39. The Balaban J connectivity index is 2.40. The molecule has 3 aromatic rings. The minimum Gasteiger partial charge on any atom is -0.504 e. The number of carbonyl (C=O) groups is 1. The summed E-state index contributed by atoms with van der Waals surface area (Å²) in [6, 6.07) is 4.98. The van der Waals surface area contributed by atoms with Crippen LogP contribution < -0.4 is 4.74 Å². The number of hydrogen-bond acceptors (Lipinski definition) is 5. The first-order chi connectivity index (χ1) is 11.2. The van der Waals surface area contributed by atoms with Crippen LogP contribution in [0.25, 0.3) is 21.8 Å². The van der Waals surface area contributed by atoms with Crippen molar-refractivity contribution in [3.8, 4) is 11.5 Å². The number of phenols is 1. The third-order valence-corrected chi connectivity index (χ3v) is 3.74. The van der Waals surface area contributed by atoms with Crippen molar-refractivity contribution in [3.05, 3.63) is 30.1 Å². The van der Waals surface area contributed by atoms with Gasteiger partial charge in [-0.25, -0.2) is 9.36 Å². The van der Waals surface area contributed by atoms with E-state index >= 15 is 0 Å². The quantitative estimate of drug-likeness (QED) is 0.731. The van der Waals surface area contributed by atoms with E-state index in [1.165, 1.54) is 17.7 Å². The molecule has 0 saturated carbocycles. The summed E-state index contributed by atoms with van der Waals surface area (Å²) in [4.78, 5) is 17.0. The molecule has 0 unspecified atom stereocenters. The second-order valence-corrected chi connectivity index (χ2v) is 6.65. The zero-order valence-electron chi connectivity index (χ0n) is 14.4. The molecule has 0 aliphatic carbocycles. The van der Waals surface area contributed by atoms with Crippen LogP contribution in [0, 0.1) is 6.92 Å². The highest BCUT2D eigenvalue weighted by atomic mass is 16.6. The molecule has 126 valence electrons. The van der Waals surface area contributed by atoms with Crippen molar-refractivity contribution in [2.45, 2.75) is 33.3 Å². The lowest BCUT2D eigenvalue weighted by molar-refractivity contribution is 0.0551. The van der Waals surface area contributed by atoms with Gasteiger partial charge in [0.25, 0.3) is 0 Å². The molecular weight excluding hydrogens is 308 g/mol. The fourth-order valence-corrected chi connectivity index (χ4v) is 2.81. The molecule has 6 nitrogen and oxygen atoms in total. The third-order valence-electron chi connectivity index (χ3n) is 3.74. The van der Waals surface area contributed by atoms with E-state index in [2.05, 4.69) is 4.98 Å². The summed E-state index contributed by atoms with van der Waals surface area (Å²) in [7, 11) is 1.49. The predicted octanol–water partition coefficient (Wildman–Crippen LogP) is 4.00. The average molecular weight is 328 g/mol. The van der Waals surface area contributed by atoms with Crippen molar-refractivity contribution < 1.29 is 19.4 Å². The van der Waals surface area contributed by atoms with Gasteiger partial charge < -0.3 is 14.6 Å². The number of rotatable bonds is 1. The van der Waals surface area contributed by atoms with E-state index in [4.69, 9.17) is 9.47 Å². The summed E-state index contributed by atoms with van der Waals surface area (Å²) >= 11 is 0. The minimum atomic E-state index is -0.628. The van der Waals surface area contributed by atoms with Gasteiger partial charge >= 0.3 is 6.09 Å². The van der Waals surface area contributed by atoms with Crippen LogP contribution in [0.4, 0.5) is 4.79 Å². The van der Waals surface area contributed by atoms with Gasteiger partial charge in [0.2, 0.25) is 0 Å². The zero-order chi connectivity index (χ0) is 17.6. The zero-order valence-corrected chi connectivity index (χ0v) is 14.4. The summed E-state index contributed by atoms with van der Waals surface area (Å²) in [5.74, 6) is 0.303. The van der Waals surface area contributed by atoms with Crippen LogP contribution in [0.15, 0.2) is 24.4 Å². The van der Waals surface area contributed by atoms with E-state index in [1.807, 2.05) is 27.7 Å². The monoisotopic (exact) mass is 328 g/mol. The topological polar surface area (TPSA) is 73.6 Å². The number of nitrogens with zero attached hydrogens (tertiary/aromatic N) is 2. The second kappa shape index (κ2) is 5.40. The van der Waals surface area contributed by atoms with Gasteiger partial charge in [-0.3, -0.25) is 4.98 Å². The molecule has 6 heteroatoms. The maximum Gasteiger partial charge on any atom is 0.419 e. The van der Waals surface area contributed by atoms with Gasteiger partial charge in [0.1, 0.15) is 5.60 Å². The molecule has 24 heavy (non-hydrogen) atoms. The molecule has 0 bridgehead atoms. The molecule has 0 saturated heterocycles. The van der Waals surface area contributed by atoms with Crippen molar-refractivity contribution in [1.82, 2.24) is 9.55 Å². The predicted molar refractivity (Wildman–Crippen MR) is 91.8 cm³/mol. The van der Waals surface area contributed by atoms with Crippen LogP contribution in [0.1, 0.15) is 26.5 Å². The number of methoxy groups -OCH3 is 1. The van der Waals surface area contributed by atoms with Crippen LogP contribution in [0.5, 0.6) is 11.5 Å². The van der Waals surface area contributed by atoms with Crippen LogP contribution in [0.3, 0.4) is 0 Å². The molecule has 0 fully saturated rings. The van der Waals surface area contributed by atoms with Crippen LogP contribution in [0.2, 0.25) is 0 Å². The highest BCUT2D eigenvalue weighted by Gasteiger charge is 2.24. The number of carbonyl (C=O) groups excluding carboxylic acids is 1. The SMILES string of the molecule is COc1cc2c3c(C)nccc3n(C(=O)OC(C)(C)C)c2cc1O. The Morgan fingerprint density at radius 1 is 1.25 bits per heavy atom. The maximum absolute atomic E-state index is 12.7. The molecule has 1 aromatic carbocycles. The summed E-state index contributed by atoms with van der Waals surface area (Å²) < 4.78 is 12.2. The summed E-state index contributed by atoms with van der Waals surface area (Å²) in [6.07, 6.45) is 1.15. The van der Waals surface area contributed by atoms with E-state index < -0.39 is 11.7 Å². The Kier molecular flexibility index (Phi) is 3.63. The normalized spacial score (nSPS) is 11.9. The Labute approximate surface area is 139 Å². The molecule has 0 aliphatic heterocycles. The van der Waals surface area contributed by atoms with E-state index in [-0.39, 0.29) is 5.75 Å². The lowest BCUT2D eigenvalue weighted by atomic mass is 10.1. The first-order valence-corrected chi connectivity index (χ1v) is 7.63. The highest BCUT2D eigenvalue weighted by Crippen LogP contribution is 2.38. The summed E-state index contributed by atoms with van der Waals surface area (Å²) in [6.45, 7) is 7.31. The molecule has 0 radical (unpaired) electrons. The number of fused-ring (bicyclic) bond motifs is 3. The Bertz CT molecular complexity index is 951. The van der Waals surface area contributed by atoms with Crippen molar-refractivity contribution >= 4 is 27.9 Å². The average Bonchev–Trinajstić information content (AvgIpc) is 2.79. The van der Waals surface area contributed by atoms with Crippen molar-refractivity contribution in [2.24, 2.45) is 0 Å². The Morgan fingerprint density at radius 2 is 1.96 bits per heavy atom. The number of aromatic hydroxyl groups is 1. The third kappa shape index (κ3) is 2.54. The lowest BCUT2D eigenvalue weighted by Gasteiger charge is -2.20. The first kappa shape index (κ1) is 16.1. The second-order valence-electron chi connectivity index (χ2n) is 6.65. The fraction of sp³-hybridized carbons (Fsp3) is 0.333. The molecule has 0 spiro atoms. The first-order valence-electron chi connectivity index (χ1n) is 7.63. The standard InChI is InChI=1S/C18H20N2O4/c1-10-16-11-8-15(23-5)14(21)9-13(11)20(12(16)6-7-19-10)17(22)24-18(2,3)4/h6-9,21H,1-5H3. The number of hydrogen-bond donors (Lipinski definition) is 1. The number of aromatic nitrogens is 2. The number of ether oxygens (including phenoxy) is 2. The molecule has 0 aliphatic rings. The Hall–Kier alpha value is -2.76. The molecule has 2 heterocycles. The molecule has 0 amide bonds. The van der Waals surface area contributed by atoms with Crippen molar-refractivity contribution in [3.63, 3.8) is 0 Å². The van der Waals surface area contributed by atoms with Gasteiger partial charge in [0, 0.05) is 28.7 Å². The van der Waals surface area contributed by atoms with Gasteiger partial charge in [-0.05, 0) is 39.8 Å². The highest BCUT2D eigenvalue weighted by molar-refractivity contribution is 6.14. The Morgan fingerprint density at radius 3 is 2.58 bits per heavy atom. The summed E-state index contributed by atoms with van der Waals surface area (Å²) in [5, 5.41) is 11.7. The molecule has 2 aromatic heterocycles. The molecular formula is C18H20N2O4. The van der Waals surface area contributed by atoms with Gasteiger partial charge in [-0.15, -0.1) is 0 Å². The molecule has 3 rings (SSSR count). The fourth-order valence-electron chi connectivity index (χ4n) is 2.81. The molecule has 0 atom stereocenters. The van der Waals surface area contributed by atoms with Crippen LogP contribution in [-0.4, -0.2) is 33.5 Å². The van der Waals surface area contributed by atoms with E-state index in [0.29, 0.717) is 16.8 Å². The number of phenolic OH excluding ortho intramolecular Hbond substituents is 1. The van der Waals surface area contributed by atoms with Gasteiger partial charge in [0.15, 0.2) is 11.5 Å². The van der Waals surface area contributed by atoms with E-state index in [1.54, 1.807) is 18.3 Å². The van der Waals surface area contributed by atoms with E-state index in [9.17, 15) is 9.90 Å². The number of aryl methyl sites for hydroxylation is 1. The van der Waals surface area contributed by atoms with E-state index in [0.717, 1.165) is 16.5 Å². The number of pyridine rings is 1. The smallest absolute Gasteiger partial charge is 0.419 e. The maximum atomic E-state index is 12.7. The molecule has 1 N–H and O–H groups in total.